The van der Waals surface area contributed by atoms with Crippen LogP contribution in [-0.2, 0) is 0 Å². The molecule has 0 amide bonds. The molecule has 1 fully saturated rings. The highest BCUT2D eigenvalue weighted by atomic mass is 35.5. The summed E-state index contributed by atoms with van der Waals surface area (Å²) < 4.78 is 0. The molecule has 0 unspecified atom stereocenters. The standard InChI is InChI=1S/C13H28N2.ClH/c1-4-12(5-2)11-15-8-6-13(7-9-15)10-14-3;/h12-14H,4-11H2,1-3H3;1H. The molecule has 1 aliphatic rings. The summed E-state index contributed by atoms with van der Waals surface area (Å²) in [5.74, 6) is 1.85. The lowest BCUT2D eigenvalue weighted by Gasteiger charge is -2.33. The topological polar surface area (TPSA) is 15.3 Å². The zero-order valence-electron chi connectivity index (χ0n) is 11.2. The molecule has 3 heteroatoms. The molecule has 0 aromatic rings. The van der Waals surface area contributed by atoms with Crippen LogP contribution in [0.4, 0.5) is 0 Å². The number of likely N-dealkylation sites (tertiary alicyclic amines) is 1. The van der Waals surface area contributed by atoms with E-state index in [-0.39, 0.29) is 12.4 Å². The summed E-state index contributed by atoms with van der Waals surface area (Å²) in [5.41, 5.74) is 0. The van der Waals surface area contributed by atoms with E-state index in [0.717, 1.165) is 11.8 Å². The number of halogens is 1. The molecule has 0 atom stereocenters. The second kappa shape index (κ2) is 9.26. The molecular formula is C13H29ClN2. The maximum Gasteiger partial charge on any atom is 0.000946 e. The summed E-state index contributed by atoms with van der Waals surface area (Å²) in [4.78, 5) is 2.67. The maximum absolute atomic E-state index is 3.30. The van der Waals surface area contributed by atoms with Crippen molar-refractivity contribution in [2.24, 2.45) is 11.8 Å². The fraction of sp³-hybridized carbons (Fsp3) is 1.00. The highest BCUT2D eigenvalue weighted by Crippen LogP contribution is 2.19. The molecule has 0 bridgehead atoms. The van der Waals surface area contributed by atoms with Gasteiger partial charge in [-0.3, -0.25) is 0 Å². The van der Waals surface area contributed by atoms with Crippen LogP contribution < -0.4 is 5.32 Å². The molecule has 1 aliphatic heterocycles. The first kappa shape index (κ1) is 16.2. The Kier molecular flexibility index (Phi) is 9.38. The van der Waals surface area contributed by atoms with Crippen molar-refractivity contribution in [2.75, 3.05) is 33.2 Å². The first-order valence-electron chi connectivity index (χ1n) is 6.67. The Morgan fingerprint density at radius 3 is 2.19 bits per heavy atom. The minimum Gasteiger partial charge on any atom is -0.319 e. The molecule has 1 rings (SSSR count). The minimum absolute atomic E-state index is 0. The highest BCUT2D eigenvalue weighted by Gasteiger charge is 2.19. The monoisotopic (exact) mass is 248 g/mol. The van der Waals surface area contributed by atoms with E-state index in [1.807, 2.05) is 0 Å². The van der Waals surface area contributed by atoms with Crippen LogP contribution in [-0.4, -0.2) is 38.1 Å². The fourth-order valence-corrected chi connectivity index (χ4v) is 2.57. The second-order valence-corrected chi connectivity index (χ2v) is 4.98. The molecular weight excluding hydrogens is 220 g/mol. The van der Waals surface area contributed by atoms with Gasteiger partial charge in [0, 0.05) is 6.54 Å². The van der Waals surface area contributed by atoms with E-state index in [1.165, 1.54) is 51.9 Å². The lowest BCUT2D eigenvalue weighted by atomic mass is 9.95. The molecule has 0 saturated carbocycles. The molecule has 98 valence electrons. The van der Waals surface area contributed by atoms with Crippen LogP contribution in [0, 0.1) is 11.8 Å². The van der Waals surface area contributed by atoms with Crippen LogP contribution in [0.1, 0.15) is 39.5 Å². The fourth-order valence-electron chi connectivity index (χ4n) is 2.57. The van der Waals surface area contributed by atoms with E-state index in [2.05, 4.69) is 31.1 Å². The van der Waals surface area contributed by atoms with E-state index < -0.39 is 0 Å². The van der Waals surface area contributed by atoms with E-state index in [4.69, 9.17) is 0 Å². The van der Waals surface area contributed by atoms with Crippen LogP contribution in [0.25, 0.3) is 0 Å². The third-order valence-corrected chi connectivity index (χ3v) is 3.87. The van der Waals surface area contributed by atoms with Gasteiger partial charge in [0.1, 0.15) is 0 Å². The smallest absolute Gasteiger partial charge is 0.000946 e. The molecule has 0 radical (unpaired) electrons. The average molecular weight is 249 g/mol. The average Bonchev–Trinajstić information content (AvgIpc) is 2.28. The van der Waals surface area contributed by atoms with Crippen LogP contribution in [0.2, 0.25) is 0 Å². The van der Waals surface area contributed by atoms with Gasteiger partial charge in [-0.2, -0.15) is 0 Å². The van der Waals surface area contributed by atoms with E-state index in [0.29, 0.717) is 0 Å². The molecule has 1 heterocycles. The van der Waals surface area contributed by atoms with Crippen molar-refractivity contribution in [2.45, 2.75) is 39.5 Å². The maximum atomic E-state index is 3.30. The van der Waals surface area contributed by atoms with Crippen molar-refractivity contribution in [3.05, 3.63) is 0 Å². The summed E-state index contributed by atoms with van der Waals surface area (Å²) in [6.07, 6.45) is 5.46. The lowest BCUT2D eigenvalue weighted by molar-refractivity contribution is 0.157. The molecule has 0 aromatic heterocycles. The van der Waals surface area contributed by atoms with E-state index in [1.54, 1.807) is 0 Å². The predicted molar refractivity (Wildman–Crippen MR) is 74.4 cm³/mol. The molecule has 1 saturated heterocycles. The van der Waals surface area contributed by atoms with Crippen molar-refractivity contribution < 1.29 is 0 Å². The van der Waals surface area contributed by atoms with Gasteiger partial charge in [-0.25, -0.2) is 0 Å². The third-order valence-electron chi connectivity index (χ3n) is 3.87. The van der Waals surface area contributed by atoms with E-state index in [9.17, 15) is 0 Å². The number of piperidine rings is 1. The van der Waals surface area contributed by atoms with Crippen LogP contribution in [0.3, 0.4) is 0 Å². The number of hydrogen-bond acceptors (Lipinski definition) is 2. The lowest BCUT2D eigenvalue weighted by Crippen LogP contribution is -2.39. The summed E-state index contributed by atoms with van der Waals surface area (Å²) in [5, 5.41) is 3.30. The van der Waals surface area contributed by atoms with Crippen molar-refractivity contribution in [3.8, 4) is 0 Å². The van der Waals surface area contributed by atoms with Gasteiger partial charge in [-0.15, -0.1) is 12.4 Å². The van der Waals surface area contributed by atoms with Gasteiger partial charge in [-0.1, -0.05) is 26.7 Å². The highest BCUT2D eigenvalue weighted by molar-refractivity contribution is 5.85. The van der Waals surface area contributed by atoms with Gasteiger partial charge in [0.25, 0.3) is 0 Å². The summed E-state index contributed by atoms with van der Waals surface area (Å²) in [6, 6.07) is 0. The van der Waals surface area contributed by atoms with Gasteiger partial charge in [0.05, 0.1) is 0 Å². The molecule has 1 N–H and O–H groups in total. The SMILES string of the molecule is CCC(CC)CN1CCC(CNC)CC1.Cl. The summed E-state index contributed by atoms with van der Waals surface area (Å²) in [6.45, 7) is 9.83. The number of nitrogens with zero attached hydrogens (tertiary/aromatic N) is 1. The van der Waals surface area contributed by atoms with Crippen LogP contribution in [0.15, 0.2) is 0 Å². The quantitative estimate of drug-likeness (QED) is 0.778. The number of rotatable bonds is 6. The Balaban J connectivity index is 0.00000225. The first-order valence-corrected chi connectivity index (χ1v) is 6.67. The van der Waals surface area contributed by atoms with Crippen LogP contribution >= 0.6 is 12.4 Å². The number of hydrogen-bond donors (Lipinski definition) is 1. The Morgan fingerprint density at radius 2 is 1.75 bits per heavy atom. The van der Waals surface area contributed by atoms with Gasteiger partial charge < -0.3 is 10.2 Å². The predicted octanol–water partition coefficient (Wildman–Crippen LogP) is 2.78. The van der Waals surface area contributed by atoms with Crippen molar-refractivity contribution in [1.82, 2.24) is 10.2 Å². The molecule has 16 heavy (non-hydrogen) atoms. The molecule has 2 nitrogen and oxygen atoms in total. The minimum atomic E-state index is 0. The Bertz CT molecular complexity index is 152. The normalized spacial score (nSPS) is 18.8. The zero-order valence-corrected chi connectivity index (χ0v) is 12.0. The summed E-state index contributed by atoms with van der Waals surface area (Å²) in [7, 11) is 2.07. The van der Waals surface area contributed by atoms with Gasteiger partial charge >= 0.3 is 0 Å². The summed E-state index contributed by atoms with van der Waals surface area (Å²) >= 11 is 0. The van der Waals surface area contributed by atoms with Crippen molar-refractivity contribution >= 4 is 12.4 Å². The number of nitrogens with one attached hydrogen (secondary N) is 1. The molecule has 0 spiro atoms. The second-order valence-electron chi connectivity index (χ2n) is 4.98. The third kappa shape index (κ3) is 5.51. The Hall–Kier alpha value is 0.210. The largest absolute Gasteiger partial charge is 0.319 e. The Labute approximate surface area is 108 Å². The van der Waals surface area contributed by atoms with Gasteiger partial charge in [-0.05, 0) is 51.4 Å². The van der Waals surface area contributed by atoms with E-state index >= 15 is 0 Å². The van der Waals surface area contributed by atoms with Crippen molar-refractivity contribution in [1.29, 1.82) is 0 Å². The van der Waals surface area contributed by atoms with Crippen LogP contribution in [0.5, 0.6) is 0 Å². The zero-order chi connectivity index (χ0) is 11.1. The van der Waals surface area contributed by atoms with Gasteiger partial charge in [0.15, 0.2) is 0 Å². The molecule has 0 aliphatic carbocycles. The molecule has 0 aromatic carbocycles. The van der Waals surface area contributed by atoms with Gasteiger partial charge in [0.2, 0.25) is 0 Å². The van der Waals surface area contributed by atoms with Crippen molar-refractivity contribution in [3.63, 3.8) is 0 Å². The first-order chi connectivity index (χ1) is 7.30. The Morgan fingerprint density at radius 1 is 1.19 bits per heavy atom.